The molecule has 0 aliphatic carbocycles. The van der Waals surface area contributed by atoms with Crippen molar-refractivity contribution in [3.63, 3.8) is 0 Å². The molecule has 0 aliphatic rings. The zero-order valence-electron chi connectivity index (χ0n) is 17.0. The van der Waals surface area contributed by atoms with Gasteiger partial charge in [-0.05, 0) is 61.7 Å². The molecule has 1 unspecified atom stereocenters. The number of thiophene rings is 1. The quantitative estimate of drug-likeness (QED) is 0.499. The molecule has 3 rings (SSSR count). The van der Waals surface area contributed by atoms with Gasteiger partial charge in [0.05, 0.1) is 16.5 Å². The number of esters is 1. The number of hydrogen-bond donors (Lipinski definition) is 2. The molecule has 1 atom stereocenters. The summed E-state index contributed by atoms with van der Waals surface area (Å²) in [6.07, 6.45) is 0. The van der Waals surface area contributed by atoms with Crippen LogP contribution in [0.15, 0.2) is 70.9 Å². The standard InChI is InChI=1S/C22H22N2O5S2/c1-15-5-9-18(10-6-15)24-31(27,28)19-11-7-17(8-12-19)22(26)29-14-21(25)23-16(2)20-4-3-13-30-20/h3-13,16,24H,14H2,1-2H3,(H,23,25). The van der Waals surface area contributed by atoms with E-state index in [2.05, 4.69) is 10.0 Å². The maximum absolute atomic E-state index is 12.5. The van der Waals surface area contributed by atoms with Crippen molar-refractivity contribution < 1.29 is 22.7 Å². The molecule has 0 radical (unpaired) electrons. The number of hydrogen-bond acceptors (Lipinski definition) is 6. The summed E-state index contributed by atoms with van der Waals surface area (Å²) in [7, 11) is -3.79. The van der Waals surface area contributed by atoms with Gasteiger partial charge in [0.25, 0.3) is 15.9 Å². The third-order valence-electron chi connectivity index (χ3n) is 4.39. The monoisotopic (exact) mass is 458 g/mol. The Kier molecular flexibility index (Phi) is 7.09. The van der Waals surface area contributed by atoms with E-state index in [0.717, 1.165) is 10.4 Å². The number of aryl methyl sites for hydroxylation is 1. The van der Waals surface area contributed by atoms with Crippen LogP contribution in [0.5, 0.6) is 0 Å². The first-order valence-electron chi connectivity index (χ1n) is 9.44. The molecule has 1 aromatic heterocycles. The lowest BCUT2D eigenvalue weighted by molar-refractivity contribution is -0.124. The van der Waals surface area contributed by atoms with E-state index < -0.39 is 28.5 Å². The first kappa shape index (κ1) is 22.5. The van der Waals surface area contributed by atoms with Crippen molar-refractivity contribution in [2.75, 3.05) is 11.3 Å². The zero-order chi connectivity index (χ0) is 22.4. The van der Waals surface area contributed by atoms with Crippen LogP contribution in [0, 0.1) is 6.92 Å². The fourth-order valence-electron chi connectivity index (χ4n) is 2.71. The molecule has 31 heavy (non-hydrogen) atoms. The Morgan fingerprint density at radius 1 is 1.03 bits per heavy atom. The highest BCUT2D eigenvalue weighted by molar-refractivity contribution is 7.92. The van der Waals surface area contributed by atoms with Gasteiger partial charge in [0, 0.05) is 10.6 Å². The Morgan fingerprint density at radius 2 is 1.71 bits per heavy atom. The van der Waals surface area contributed by atoms with Crippen molar-refractivity contribution in [1.82, 2.24) is 5.32 Å². The molecule has 0 saturated carbocycles. The highest BCUT2D eigenvalue weighted by Gasteiger charge is 2.17. The minimum atomic E-state index is -3.79. The minimum Gasteiger partial charge on any atom is -0.452 e. The summed E-state index contributed by atoms with van der Waals surface area (Å²) in [4.78, 5) is 25.2. The van der Waals surface area contributed by atoms with E-state index in [1.807, 2.05) is 31.4 Å². The van der Waals surface area contributed by atoms with Crippen LogP contribution in [0.25, 0.3) is 0 Å². The predicted octanol–water partition coefficient (Wildman–Crippen LogP) is 3.89. The molecule has 2 aromatic carbocycles. The van der Waals surface area contributed by atoms with Gasteiger partial charge in [-0.1, -0.05) is 23.8 Å². The van der Waals surface area contributed by atoms with Crippen molar-refractivity contribution in [2.24, 2.45) is 0 Å². The number of amides is 1. The molecule has 1 amide bonds. The van der Waals surface area contributed by atoms with Crippen LogP contribution in [0.1, 0.15) is 33.8 Å². The smallest absolute Gasteiger partial charge is 0.338 e. The first-order chi connectivity index (χ1) is 14.7. The van der Waals surface area contributed by atoms with Crippen LogP contribution >= 0.6 is 11.3 Å². The lowest BCUT2D eigenvalue weighted by Gasteiger charge is -2.12. The summed E-state index contributed by atoms with van der Waals surface area (Å²) in [5.74, 6) is -1.13. The van der Waals surface area contributed by atoms with Gasteiger partial charge < -0.3 is 10.1 Å². The van der Waals surface area contributed by atoms with E-state index in [1.165, 1.54) is 35.6 Å². The molecule has 0 bridgehead atoms. The van der Waals surface area contributed by atoms with E-state index >= 15 is 0 Å². The highest BCUT2D eigenvalue weighted by Crippen LogP contribution is 2.19. The normalized spacial score (nSPS) is 12.1. The van der Waals surface area contributed by atoms with Crippen molar-refractivity contribution in [3.05, 3.63) is 82.0 Å². The topological polar surface area (TPSA) is 102 Å². The van der Waals surface area contributed by atoms with E-state index in [1.54, 1.807) is 24.3 Å². The molecule has 0 fully saturated rings. The Balaban J connectivity index is 1.55. The van der Waals surface area contributed by atoms with Crippen LogP contribution in [0.4, 0.5) is 5.69 Å². The molecule has 3 aromatic rings. The average Bonchev–Trinajstić information content (AvgIpc) is 3.29. The molecule has 0 spiro atoms. The summed E-state index contributed by atoms with van der Waals surface area (Å²) in [6.45, 7) is 3.32. The van der Waals surface area contributed by atoms with Gasteiger partial charge in [0.15, 0.2) is 6.61 Å². The summed E-state index contributed by atoms with van der Waals surface area (Å²) in [5.41, 5.74) is 1.60. The number of carbonyl (C=O) groups is 2. The zero-order valence-corrected chi connectivity index (χ0v) is 18.6. The van der Waals surface area contributed by atoms with E-state index in [-0.39, 0.29) is 16.5 Å². The molecule has 0 aliphatic heterocycles. The summed E-state index contributed by atoms with van der Waals surface area (Å²) in [6, 6.07) is 15.9. The lowest BCUT2D eigenvalue weighted by atomic mass is 10.2. The molecule has 1 heterocycles. The SMILES string of the molecule is Cc1ccc(NS(=O)(=O)c2ccc(C(=O)OCC(=O)NC(C)c3cccs3)cc2)cc1. The Bertz CT molecular complexity index is 1140. The molecular formula is C22H22N2O5S2. The van der Waals surface area contributed by atoms with Gasteiger partial charge in [0.1, 0.15) is 0 Å². The predicted molar refractivity (Wildman–Crippen MR) is 120 cm³/mol. The number of benzene rings is 2. The molecule has 7 nitrogen and oxygen atoms in total. The lowest BCUT2D eigenvalue weighted by Crippen LogP contribution is -2.30. The molecule has 2 N–H and O–H groups in total. The third kappa shape index (κ3) is 6.16. The van der Waals surface area contributed by atoms with E-state index in [0.29, 0.717) is 5.69 Å². The number of sulfonamides is 1. The van der Waals surface area contributed by atoms with Crippen LogP contribution in [-0.4, -0.2) is 26.9 Å². The van der Waals surface area contributed by atoms with Gasteiger partial charge in [-0.2, -0.15) is 0 Å². The van der Waals surface area contributed by atoms with Gasteiger partial charge in [-0.25, -0.2) is 13.2 Å². The maximum Gasteiger partial charge on any atom is 0.338 e. The molecular weight excluding hydrogens is 436 g/mol. The second-order valence-corrected chi connectivity index (χ2v) is 9.54. The van der Waals surface area contributed by atoms with Crippen LogP contribution < -0.4 is 10.0 Å². The van der Waals surface area contributed by atoms with E-state index in [4.69, 9.17) is 4.74 Å². The minimum absolute atomic E-state index is 0.00661. The Morgan fingerprint density at radius 3 is 2.32 bits per heavy atom. The molecule has 0 saturated heterocycles. The van der Waals surface area contributed by atoms with Crippen molar-refractivity contribution in [3.8, 4) is 0 Å². The van der Waals surface area contributed by atoms with Gasteiger partial charge >= 0.3 is 5.97 Å². The molecule has 162 valence electrons. The van der Waals surface area contributed by atoms with Crippen LogP contribution in [0.3, 0.4) is 0 Å². The third-order valence-corrected chi connectivity index (χ3v) is 6.84. The molecule has 9 heteroatoms. The number of anilines is 1. The van der Waals surface area contributed by atoms with Crippen LogP contribution in [-0.2, 0) is 19.6 Å². The van der Waals surface area contributed by atoms with Gasteiger partial charge in [-0.3, -0.25) is 9.52 Å². The number of nitrogens with one attached hydrogen (secondary N) is 2. The van der Waals surface area contributed by atoms with Crippen molar-refractivity contribution >= 4 is 38.9 Å². The summed E-state index contributed by atoms with van der Waals surface area (Å²) in [5, 5.41) is 4.67. The van der Waals surface area contributed by atoms with Gasteiger partial charge in [0.2, 0.25) is 0 Å². The fraction of sp³-hybridized carbons (Fsp3) is 0.182. The number of ether oxygens (including phenoxy) is 1. The maximum atomic E-state index is 12.5. The van der Waals surface area contributed by atoms with Crippen molar-refractivity contribution in [2.45, 2.75) is 24.8 Å². The Labute approximate surface area is 185 Å². The Hall–Kier alpha value is -3.17. The number of rotatable bonds is 8. The summed E-state index contributed by atoms with van der Waals surface area (Å²) >= 11 is 1.52. The second kappa shape index (κ2) is 9.76. The van der Waals surface area contributed by atoms with Crippen molar-refractivity contribution in [1.29, 1.82) is 0 Å². The van der Waals surface area contributed by atoms with Crippen LogP contribution in [0.2, 0.25) is 0 Å². The second-order valence-electron chi connectivity index (χ2n) is 6.88. The van der Waals surface area contributed by atoms with Gasteiger partial charge in [-0.15, -0.1) is 11.3 Å². The number of carbonyl (C=O) groups excluding carboxylic acids is 2. The largest absolute Gasteiger partial charge is 0.452 e. The fourth-order valence-corrected chi connectivity index (χ4v) is 4.51. The first-order valence-corrected chi connectivity index (χ1v) is 11.8. The van der Waals surface area contributed by atoms with E-state index in [9.17, 15) is 18.0 Å². The average molecular weight is 459 g/mol. The highest BCUT2D eigenvalue weighted by atomic mass is 32.2. The summed E-state index contributed by atoms with van der Waals surface area (Å²) < 4.78 is 32.5.